The minimum absolute atomic E-state index is 0.0645. The maximum Gasteiger partial charge on any atom is 0.316 e. The highest BCUT2D eigenvalue weighted by atomic mass is 127. The van der Waals surface area contributed by atoms with Gasteiger partial charge in [-0.2, -0.15) is 10.1 Å². The summed E-state index contributed by atoms with van der Waals surface area (Å²) in [6, 6.07) is 3.73. The van der Waals surface area contributed by atoms with Crippen molar-refractivity contribution >= 4 is 51.7 Å². The van der Waals surface area contributed by atoms with Crippen molar-refractivity contribution < 1.29 is 19.0 Å². The van der Waals surface area contributed by atoms with Gasteiger partial charge in [0, 0.05) is 30.4 Å². The van der Waals surface area contributed by atoms with Gasteiger partial charge in [0.25, 0.3) is 11.6 Å². The van der Waals surface area contributed by atoms with Gasteiger partial charge in [-0.15, -0.1) is 0 Å². The van der Waals surface area contributed by atoms with Crippen LogP contribution in [0.5, 0.6) is 0 Å². The molecule has 1 aromatic carbocycles. The zero-order chi connectivity index (χ0) is 23.4. The number of hydrogen-bond donors (Lipinski definition) is 2. The fourth-order valence-electron chi connectivity index (χ4n) is 2.70. The molecular formula is C18H17ClIN7O5. The first-order chi connectivity index (χ1) is 15.2. The lowest BCUT2D eigenvalue weighted by Crippen LogP contribution is -2.34. The van der Waals surface area contributed by atoms with Crippen LogP contribution in [0.3, 0.4) is 0 Å². The molecule has 2 aromatic heterocycles. The van der Waals surface area contributed by atoms with Gasteiger partial charge in [0.1, 0.15) is 11.6 Å². The Bertz CT molecular complexity index is 1190. The van der Waals surface area contributed by atoms with Crippen LogP contribution in [0.2, 0.25) is 5.02 Å². The smallest absolute Gasteiger partial charge is 0.316 e. The largest absolute Gasteiger partial charge is 0.350 e. The van der Waals surface area contributed by atoms with Crippen LogP contribution in [-0.4, -0.2) is 49.7 Å². The number of rotatable bonds is 8. The molecule has 0 saturated heterocycles. The molecule has 0 radical (unpaired) electrons. The van der Waals surface area contributed by atoms with Crippen molar-refractivity contribution in [2.75, 3.05) is 13.1 Å². The van der Waals surface area contributed by atoms with Crippen LogP contribution in [0.1, 0.15) is 38.3 Å². The number of nitro benzene ring substituents is 1. The minimum Gasteiger partial charge on any atom is -0.350 e. The summed E-state index contributed by atoms with van der Waals surface area (Å²) in [6.07, 6.45) is 0. The van der Waals surface area contributed by atoms with Gasteiger partial charge in [0.2, 0.25) is 0 Å². The molecule has 32 heavy (non-hydrogen) atoms. The molecule has 12 nitrogen and oxygen atoms in total. The topological polar surface area (TPSA) is 158 Å². The van der Waals surface area contributed by atoms with Gasteiger partial charge < -0.3 is 15.2 Å². The Morgan fingerprint density at radius 1 is 1.25 bits per heavy atom. The molecule has 0 unspecified atom stereocenters. The van der Waals surface area contributed by atoms with E-state index in [1.165, 1.54) is 12.1 Å². The first-order valence-electron chi connectivity index (χ1n) is 9.19. The summed E-state index contributed by atoms with van der Waals surface area (Å²) < 4.78 is 7.75. The first kappa shape index (κ1) is 23.6. The number of aromatic nitrogens is 4. The lowest BCUT2D eigenvalue weighted by atomic mass is 10.2. The minimum atomic E-state index is -0.673. The van der Waals surface area contributed by atoms with Gasteiger partial charge in [0.15, 0.2) is 5.82 Å². The summed E-state index contributed by atoms with van der Waals surface area (Å²) in [6.45, 7) is 4.23. The molecule has 168 valence electrons. The Hall–Kier alpha value is -3.07. The second kappa shape index (κ2) is 10.0. The molecule has 0 aliphatic rings. The number of nitro groups is 1. The third-order valence-electron chi connectivity index (χ3n) is 4.35. The van der Waals surface area contributed by atoms with Crippen molar-refractivity contribution in [1.82, 2.24) is 30.6 Å². The van der Waals surface area contributed by atoms with Crippen LogP contribution in [-0.2, 0) is 6.54 Å². The van der Waals surface area contributed by atoms with E-state index in [1.54, 1.807) is 4.68 Å². The summed E-state index contributed by atoms with van der Waals surface area (Å²) in [7, 11) is 0. The van der Waals surface area contributed by atoms with Crippen molar-refractivity contribution in [2.24, 2.45) is 0 Å². The number of benzene rings is 1. The molecule has 3 rings (SSSR count). The van der Waals surface area contributed by atoms with Gasteiger partial charge in [-0.3, -0.25) is 24.4 Å². The van der Waals surface area contributed by atoms with Crippen LogP contribution < -0.4 is 10.6 Å². The van der Waals surface area contributed by atoms with Crippen LogP contribution in [0, 0.1) is 27.5 Å². The molecule has 0 aliphatic heterocycles. The maximum atomic E-state index is 12.2. The van der Waals surface area contributed by atoms with Gasteiger partial charge in [-0.1, -0.05) is 16.8 Å². The number of halogens is 2. The third-order valence-corrected chi connectivity index (χ3v) is 6.23. The van der Waals surface area contributed by atoms with Gasteiger partial charge in [0.05, 0.1) is 14.2 Å². The highest BCUT2D eigenvalue weighted by Crippen LogP contribution is 2.25. The molecule has 3 aromatic rings. The highest BCUT2D eigenvalue weighted by Gasteiger charge is 2.18. The van der Waals surface area contributed by atoms with E-state index in [1.807, 2.05) is 13.8 Å². The fraction of sp³-hybridized carbons (Fsp3) is 0.278. The van der Waals surface area contributed by atoms with E-state index in [-0.39, 0.29) is 41.8 Å². The summed E-state index contributed by atoms with van der Waals surface area (Å²) in [4.78, 5) is 38.6. The van der Waals surface area contributed by atoms with E-state index >= 15 is 0 Å². The molecule has 0 bridgehead atoms. The summed E-state index contributed by atoms with van der Waals surface area (Å²) in [5, 5.41) is 24.1. The first-order valence-corrected chi connectivity index (χ1v) is 10.7. The number of carbonyl (C=O) groups is 2. The quantitative estimate of drug-likeness (QED) is 0.180. The average molecular weight is 574 g/mol. The third kappa shape index (κ3) is 5.40. The lowest BCUT2D eigenvalue weighted by Gasteiger charge is -2.06. The normalized spacial score (nSPS) is 10.8. The number of aryl methyl sites for hydroxylation is 1. The average Bonchev–Trinajstić information content (AvgIpc) is 3.32. The Labute approximate surface area is 200 Å². The number of nitrogens with zero attached hydrogens (tertiary/aromatic N) is 5. The Morgan fingerprint density at radius 2 is 1.94 bits per heavy atom. The van der Waals surface area contributed by atoms with Crippen LogP contribution in [0.15, 0.2) is 22.7 Å². The molecule has 2 heterocycles. The van der Waals surface area contributed by atoms with E-state index in [9.17, 15) is 19.7 Å². The predicted molar refractivity (Wildman–Crippen MR) is 121 cm³/mol. The highest BCUT2D eigenvalue weighted by molar-refractivity contribution is 14.1. The van der Waals surface area contributed by atoms with Crippen molar-refractivity contribution in [1.29, 1.82) is 0 Å². The molecule has 0 atom stereocenters. The van der Waals surface area contributed by atoms with E-state index in [2.05, 4.69) is 48.5 Å². The molecule has 14 heteroatoms. The lowest BCUT2D eigenvalue weighted by molar-refractivity contribution is -0.384. The van der Waals surface area contributed by atoms with Gasteiger partial charge in [-0.05, 0) is 48.6 Å². The number of amides is 2. The van der Waals surface area contributed by atoms with Gasteiger partial charge in [-0.25, -0.2) is 0 Å². The summed E-state index contributed by atoms with van der Waals surface area (Å²) in [5.74, 6) is -1.05. The van der Waals surface area contributed by atoms with Crippen molar-refractivity contribution in [3.8, 4) is 0 Å². The standard InChI is InChI=1S/C18H17ClIN7O5/c1-9-15(20)10(2)26(24-9)8-14-23-18(32-25-14)17(29)22-6-5-21-16(28)11-3-4-12(19)13(7-11)27(30)31/h3-4,7H,5-6,8H2,1-2H3,(H,21,28)(H,22,29). The Kier molecular flexibility index (Phi) is 7.40. The zero-order valence-corrected chi connectivity index (χ0v) is 19.8. The summed E-state index contributed by atoms with van der Waals surface area (Å²) in [5.41, 5.74) is 1.56. The molecule has 0 fully saturated rings. The predicted octanol–water partition coefficient (Wildman–Crippen LogP) is 2.26. The van der Waals surface area contributed by atoms with Crippen molar-refractivity contribution in [3.05, 3.63) is 65.6 Å². The van der Waals surface area contributed by atoms with Crippen LogP contribution >= 0.6 is 34.2 Å². The number of nitrogens with one attached hydrogen (secondary N) is 2. The molecule has 2 N–H and O–H groups in total. The second-order valence-corrected chi connectivity index (χ2v) is 8.08. The fourth-order valence-corrected chi connectivity index (χ4v) is 3.27. The zero-order valence-electron chi connectivity index (χ0n) is 16.9. The Balaban J connectivity index is 1.49. The monoisotopic (exact) mass is 573 g/mol. The number of carbonyl (C=O) groups excluding carboxylic acids is 2. The SMILES string of the molecule is Cc1nn(Cc2noc(C(=O)NCCNC(=O)c3ccc(Cl)c([N+](=O)[O-])c3)n2)c(C)c1I. The molecule has 0 spiro atoms. The number of hydrogen-bond acceptors (Lipinski definition) is 8. The van der Waals surface area contributed by atoms with Gasteiger partial charge >= 0.3 is 11.8 Å². The molecule has 0 aliphatic carbocycles. The molecule has 2 amide bonds. The van der Waals surface area contributed by atoms with Crippen molar-refractivity contribution in [3.63, 3.8) is 0 Å². The van der Waals surface area contributed by atoms with E-state index in [0.717, 1.165) is 21.0 Å². The maximum absolute atomic E-state index is 12.2. The van der Waals surface area contributed by atoms with E-state index in [0.29, 0.717) is 5.82 Å². The molecule has 0 saturated carbocycles. The van der Waals surface area contributed by atoms with Crippen molar-refractivity contribution in [2.45, 2.75) is 20.4 Å². The van der Waals surface area contributed by atoms with Crippen LogP contribution in [0.25, 0.3) is 0 Å². The van der Waals surface area contributed by atoms with E-state index < -0.39 is 16.7 Å². The summed E-state index contributed by atoms with van der Waals surface area (Å²) >= 11 is 7.94. The Morgan fingerprint density at radius 3 is 2.56 bits per heavy atom. The molecular weight excluding hydrogens is 557 g/mol. The second-order valence-electron chi connectivity index (χ2n) is 6.59. The van der Waals surface area contributed by atoms with E-state index in [4.69, 9.17) is 16.1 Å². The van der Waals surface area contributed by atoms with Crippen LogP contribution in [0.4, 0.5) is 5.69 Å².